The van der Waals surface area contributed by atoms with E-state index >= 15 is 0 Å². The van der Waals surface area contributed by atoms with Gasteiger partial charge >= 0.3 is 6.09 Å². The zero-order valence-corrected chi connectivity index (χ0v) is 20.4. The van der Waals surface area contributed by atoms with E-state index < -0.39 is 27.0 Å². The highest BCUT2D eigenvalue weighted by atomic mass is 32.2. The second-order valence-electron chi connectivity index (χ2n) is 8.33. The maximum Gasteiger partial charge on any atom is 0.407 e. The van der Waals surface area contributed by atoms with Crippen molar-refractivity contribution in [2.45, 2.75) is 22.5 Å². The number of benzene rings is 3. The number of nitrogens with zero attached hydrogens (tertiary/aromatic N) is 1. The SMILES string of the molecule is CS(=O)(=O)OC[C@@H]1C[C@@H](SC(c2ccccc2)(c2ccccc2)c2ccccc2)CN1C(=O)O. The van der Waals surface area contributed by atoms with Gasteiger partial charge in [0, 0.05) is 11.8 Å². The van der Waals surface area contributed by atoms with Crippen molar-refractivity contribution >= 4 is 28.0 Å². The van der Waals surface area contributed by atoms with Crippen molar-refractivity contribution in [2.75, 3.05) is 19.4 Å². The Bertz CT molecular complexity index is 1110. The molecule has 2 atom stereocenters. The number of amides is 1. The lowest BCUT2D eigenvalue weighted by molar-refractivity contribution is 0.124. The smallest absolute Gasteiger partial charge is 0.407 e. The monoisotopic (exact) mass is 497 g/mol. The van der Waals surface area contributed by atoms with Crippen molar-refractivity contribution < 1.29 is 22.5 Å². The fraction of sp³-hybridized carbons (Fsp3) is 0.269. The Morgan fingerprint density at radius 3 is 1.76 bits per heavy atom. The topological polar surface area (TPSA) is 83.9 Å². The van der Waals surface area contributed by atoms with Gasteiger partial charge in [0.05, 0.1) is 23.7 Å². The molecule has 1 aliphatic rings. The van der Waals surface area contributed by atoms with Crippen molar-refractivity contribution in [2.24, 2.45) is 0 Å². The van der Waals surface area contributed by atoms with Gasteiger partial charge in [-0.3, -0.25) is 4.18 Å². The lowest BCUT2D eigenvalue weighted by Crippen LogP contribution is -2.38. The molecule has 1 heterocycles. The van der Waals surface area contributed by atoms with Gasteiger partial charge in [-0.25, -0.2) is 4.79 Å². The summed E-state index contributed by atoms with van der Waals surface area (Å²) in [5, 5.41) is 9.71. The van der Waals surface area contributed by atoms with Gasteiger partial charge in [-0.15, -0.1) is 11.8 Å². The Kier molecular flexibility index (Phi) is 7.30. The molecule has 1 amide bonds. The minimum absolute atomic E-state index is 0.0788. The Morgan fingerprint density at radius 2 is 1.38 bits per heavy atom. The number of carboxylic acid groups (broad SMARTS) is 1. The molecule has 1 N–H and O–H groups in total. The van der Waals surface area contributed by atoms with Gasteiger partial charge in [0.25, 0.3) is 10.1 Å². The lowest BCUT2D eigenvalue weighted by Gasteiger charge is -2.37. The zero-order valence-electron chi connectivity index (χ0n) is 18.8. The third-order valence-corrected chi connectivity index (χ3v) is 8.28. The van der Waals surface area contributed by atoms with Crippen molar-refractivity contribution in [1.82, 2.24) is 4.90 Å². The largest absolute Gasteiger partial charge is 0.465 e. The number of hydrogen-bond donors (Lipinski definition) is 1. The fourth-order valence-corrected chi connectivity index (χ4v) is 6.80. The summed E-state index contributed by atoms with van der Waals surface area (Å²) in [6.07, 6.45) is 0.389. The van der Waals surface area contributed by atoms with Crippen LogP contribution in [0, 0.1) is 0 Å². The van der Waals surface area contributed by atoms with Gasteiger partial charge in [-0.1, -0.05) is 91.0 Å². The van der Waals surface area contributed by atoms with Crippen molar-refractivity contribution in [3.05, 3.63) is 108 Å². The summed E-state index contributed by atoms with van der Waals surface area (Å²) in [6.45, 7) is 0.100. The van der Waals surface area contributed by atoms with Crippen LogP contribution in [0.3, 0.4) is 0 Å². The van der Waals surface area contributed by atoms with Crippen LogP contribution in [0.4, 0.5) is 4.79 Å². The van der Waals surface area contributed by atoms with E-state index in [9.17, 15) is 18.3 Å². The minimum Gasteiger partial charge on any atom is -0.465 e. The molecule has 0 radical (unpaired) electrons. The van der Waals surface area contributed by atoms with Gasteiger partial charge in [-0.05, 0) is 23.1 Å². The molecule has 0 saturated carbocycles. The summed E-state index contributed by atoms with van der Waals surface area (Å²) in [5.41, 5.74) is 3.28. The Labute approximate surface area is 204 Å². The van der Waals surface area contributed by atoms with E-state index in [1.165, 1.54) is 4.90 Å². The van der Waals surface area contributed by atoms with Crippen LogP contribution >= 0.6 is 11.8 Å². The van der Waals surface area contributed by atoms with E-state index in [0.717, 1.165) is 22.9 Å². The van der Waals surface area contributed by atoms with E-state index in [-0.39, 0.29) is 18.4 Å². The second kappa shape index (κ2) is 10.2. The first-order valence-electron chi connectivity index (χ1n) is 11.0. The summed E-state index contributed by atoms with van der Waals surface area (Å²) in [6, 6.07) is 30.1. The maximum atomic E-state index is 12.0. The highest BCUT2D eigenvalue weighted by molar-refractivity contribution is 8.01. The molecule has 3 aromatic rings. The zero-order chi connectivity index (χ0) is 24.2. The van der Waals surface area contributed by atoms with Crippen LogP contribution in [-0.2, 0) is 19.0 Å². The number of rotatable bonds is 8. The average Bonchev–Trinajstić information content (AvgIpc) is 3.25. The second-order valence-corrected chi connectivity index (χ2v) is 11.5. The molecule has 0 bridgehead atoms. The quantitative estimate of drug-likeness (QED) is 0.355. The van der Waals surface area contributed by atoms with E-state index in [1.54, 1.807) is 11.8 Å². The molecule has 1 fully saturated rings. The van der Waals surface area contributed by atoms with Crippen molar-refractivity contribution in [1.29, 1.82) is 0 Å². The van der Waals surface area contributed by atoms with Gasteiger partial charge in [0.2, 0.25) is 0 Å². The lowest BCUT2D eigenvalue weighted by atomic mass is 9.84. The number of carbonyl (C=O) groups is 1. The fourth-order valence-electron chi connectivity index (χ4n) is 4.53. The van der Waals surface area contributed by atoms with Gasteiger partial charge in [0.1, 0.15) is 0 Å². The average molecular weight is 498 g/mol. The summed E-state index contributed by atoms with van der Waals surface area (Å²) < 4.78 is 27.5. The maximum absolute atomic E-state index is 12.0. The number of likely N-dealkylation sites (tertiary alicyclic amines) is 1. The van der Waals surface area contributed by atoms with E-state index in [1.807, 2.05) is 54.6 Å². The summed E-state index contributed by atoms with van der Waals surface area (Å²) in [7, 11) is -3.67. The first kappa shape index (κ1) is 24.3. The van der Waals surface area contributed by atoms with E-state index in [0.29, 0.717) is 6.42 Å². The summed E-state index contributed by atoms with van der Waals surface area (Å²) in [4.78, 5) is 13.3. The van der Waals surface area contributed by atoms with Gasteiger partial charge in [-0.2, -0.15) is 8.42 Å². The molecule has 1 aliphatic heterocycles. The van der Waals surface area contributed by atoms with Crippen LogP contribution in [0.15, 0.2) is 91.0 Å². The molecule has 0 aliphatic carbocycles. The molecule has 8 heteroatoms. The predicted molar refractivity (Wildman–Crippen MR) is 135 cm³/mol. The van der Waals surface area contributed by atoms with Gasteiger partial charge < -0.3 is 10.0 Å². The third kappa shape index (κ3) is 5.29. The molecule has 1 saturated heterocycles. The molecule has 0 spiro atoms. The molecule has 4 rings (SSSR count). The Morgan fingerprint density at radius 1 is 0.941 bits per heavy atom. The first-order chi connectivity index (χ1) is 16.3. The van der Waals surface area contributed by atoms with E-state index in [2.05, 4.69) is 36.4 Å². The molecule has 0 aromatic heterocycles. The van der Waals surface area contributed by atoms with Crippen LogP contribution in [0.2, 0.25) is 0 Å². The normalized spacial score (nSPS) is 18.7. The van der Waals surface area contributed by atoms with Gasteiger partial charge in [0.15, 0.2) is 0 Å². The van der Waals surface area contributed by atoms with Crippen molar-refractivity contribution in [3.63, 3.8) is 0 Å². The molecule has 6 nitrogen and oxygen atoms in total. The highest BCUT2D eigenvalue weighted by Crippen LogP contribution is 2.52. The van der Waals surface area contributed by atoms with Crippen LogP contribution in [0.25, 0.3) is 0 Å². The van der Waals surface area contributed by atoms with Crippen LogP contribution in [0.1, 0.15) is 23.1 Å². The van der Waals surface area contributed by atoms with Crippen LogP contribution in [0.5, 0.6) is 0 Å². The molecule has 3 aromatic carbocycles. The first-order valence-corrected chi connectivity index (χ1v) is 13.7. The van der Waals surface area contributed by atoms with Crippen LogP contribution < -0.4 is 0 Å². The summed E-state index contributed by atoms with van der Waals surface area (Å²) >= 11 is 1.71. The highest BCUT2D eigenvalue weighted by Gasteiger charge is 2.44. The molecular formula is C26H27NO5S2. The molecular weight excluding hydrogens is 470 g/mol. The molecule has 178 valence electrons. The number of hydrogen-bond acceptors (Lipinski definition) is 5. The minimum atomic E-state index is -3.67. The van der Waals surface area contributed by atoms with Crippen LogP contribution in [-0.4, -0.2) is 55.2 Å². The summed E-state index contributed by atoms with van der Waals surface area (Å²) in [5.74, 6) is 0. The third-order valence-electron chi connectivity index (χ3n) is 5.98. The predicted octanol–water partition coefficient (Wildman–Crippen LogP) is 4.81. The standard InChI is InChI=1S/C26H27NO5S2/c1-34(30,31)32-19-23-17-24(18-27(23)25(28)29)33-26(20-11-5-2-6-12-20,21-13-7-3-8-14-21)22-15-9-4-10-16-22/h2-16,23-24H,17-19H2,1H3,(H,28,29)/t23-,24+/m0/s1. The Hall–Kier alpha value is -2.81. The Balaban J connectivity index is 1.77. The number of thioether (sulfide) groups is 1. The molecule has 0 unspecified atom stereocenters. The molecule has 34 heavy (non-hydrogen) atoms. The van der Waals surface area contributed by atoms with Crippen molar-refractivity contribution in [3.8, 4) is 0 Å². The van der Waals surface area contributed by atoms with E-state index in [4.69, 9.17) is 4.18 Å².